The molecule has 0 atom stereocenters. The second-order valence-electron chi connectivity index (χ2n) is 8.30. The maximum atomic E-state index is 13.3. The first-order valence-electron chi connectivity index (χ1n) is 11.0. The molecule has 0 unspecified atom stereocenters. The molecule has 1 aliphatic heterocycles. The highest BCUT2D eigenvalue weighted by molar-refractivity contribution is 6.31. The lowest BCUT2D eigenvalue weighted by Crippen LogP contribution is -2.32. The van der Waals surface area contributed by atoms with Crippen LogP contribution in [0.3, 0.4) is 0 Å². The lowest BCUT2D eigenvalue weighted by molar-refractivity contribution is -0.141. The molecule has 3 heterocycles. The smallest absolute Gasteiger partial charge is 0.283 e. The average molecular weight is 480 g/mol. The molecule has 3 aromatic carbocycles. The molecule has 0 saturated heterocycles. The van der Waals surface area contributed by atoms with E-state index in [2.05, 4.69) is 5.10 Å². The molecule has 5 aromatic rings. The zero-order valence-corrected chi connectivity index (χ0v) is 19.4. The Kier molecular flexibility index (Phi) is 4.93. The molecule has 0 saturated carbocycles. The minimum atomic E-state index is -0.452. The Morgan fingerprint density at radius 3 is 2.57 bits per heavy atom. The Hall–Kier alpha value is -4.36. The quantitative estimate of drug-likeness (QED) is 0.332. The van der Waals surface area contributed by atoms with Gasteiger partial charge in [0.1, 0.15) is 12.1 Å². The Labute approximate surface area is 205 Å². The Bertz CT molecular complexity index is 1740. The van der Waals surface area contributed by atoms with Crippen molar-refractivity contribution in [2.45, 2.75) is 13.5 Å². The number of hydrogen-bond donors (Lipinski definition) is 0. The van der Waals surface area contributed by atoms with Crippen molar-refractivity contribution in [3.63, 3.8) is 0 Å². The topological polar surface area (TPSA) is 80.5 Å². The number of halogens is 1. The standard InChI is InChI=1S/C27H18ClN5O2/c1-16-20(13-17-7-3-2-4-8-17)27(35)33(31-16)24(34)15-32-23-10-6-5-9-19(23)25-26(32)30-21-12-11-18(28)14-22(21)29-25/h2-14H,15H2,1H3/b20-13+. The van der Waals surface area contributed by atoms with Crippen LogP contribution in [0.15, 0.2) is 83.5 Å². The molecule has 170 valence electrons. The van der Waals surface area contributed by atoms with Crippen molar-refractivity contribution in [3.05, 3.63) is 89.0 Å². The van der Waals surface area contributed by atoms with Crippen molar-refractivity contribution in [2.24, 2.45) is 5.10 Å². The minimum absolute atomic E-state index is 0.112. The van der Waals surface area contributed by atoms with Crippen molar-refractivity contribution >= 4 is 68.3 Å². The second-order valence-corrected chi connectivity index (χ2v) is 8.73. The van der Waals surface area contributed by atoms with Gasteiger partial charge in [-0.05, 0) is 42.8 Å². The van der Waals surface area contributed by atoms with Crippen LogP contribution in [0.1, 0.15) is 12.5 Å². The van der Waals surface area contributed by atoms with E-state index in [1.807, 2.05) is 54.6 Å². The monoisotopic (exact) mass is 479 g/mol. The van der Waals surface area contributed by atoms with Gasteiger partial charge in [0.2, 0.25) is 0 Å². The van der Waals surface area contributed by atoms with Gasteiger partial charge in [0.25, 0.3) is 11.8 Å². The molecule has 0 bridgehead atoms. The molecule has 0 N–H and O–H groups in total. The zero-order valence-electron chi connectivity index (χ0n) is 18.6. The summed E-state index contributed by atoms with van der Waals surface area (Å²) in [6, 6.07) is 22.4. The number of carbonyl (C=O) groups excluding carboxylic acids is 2. The maximum Gasteiger partial charge on any atom is 0.283 e. The Morgan fingerprint density at radius 2 is 1.74 bits per heavy atom. The van der Waals surface area contributed by atoms with Gasteiger partial charge in [0, 0.05) is 10.4 Å². The first kappa shape index (κ1) is 21.2. The van der Waals surface area contributed by atoms with Crippen LogP contribution in [0.25, 0.3) is 39.2 Å². The summed E-state index contributed by atoms with van der Waals surface area (Å²) < 4.78 is 1.78. The predicted octanol–water partition coefficient (Wildman–Crippen LogP) is 5.22. The van der Waals surface area contributed by atoms with Gasteiger partial charge in [0.15, 0.2) is 5.65 Å². The van der Waals surface area contributed by atoms with E-state index >= 15 is 0 Å². The fourth-order valence-corrected chi connectivity index (χ4v) is 4.51. The molecular weight excluding hydrogens is 462 g/mol. The highest BCUT2D eigenvalue weighted by atomic mass is 35.5. The number of fused-ring (bicyclic) bond motifs is 4. The fourth-order valence-electron chi connectivity index (χ4n) is 4.34. The normalized spacial score (nSPS) is 15.0. The van der Waals surface area contributed by atoms with E-state index in [0.29, 0.717) is 38.5 Å². The number of para-hydroxylation sites is 1. The molecular formula is C27H18ClN5O2. The number of amides is 2. The second kappa shape index (κ2) is 8.14. The van der Waals surface area contributed by atoms with Crippen LogP contribution in [0.2, 0.25) is 5.02 Å². The van der Waals surface area contributed by atoms with Crippen molar-refractivity contribution in [3.8, 4) is 0 Å². The molecule has 0 fully saturated rings. The van der Waals surface area contributed by atoms with Gasteiger partial charge < -0.3 is 4.57 Å². The van der Waals surface area contributed by atoms with Crippen molar-refractivity contribution in [1.29, 1.82) is 0 Å². The van der Waals surface area contributed by atoms with Gasteiger partial charge in [-0.1, -0.05) is 60.1 Å². The highest BCUT2D eigenvalue weighted by Crippen LogP contribution is 2.29. The Balaban J connectivity index is 1.41. The number of aromatic nitrogens is 3. The SMILES string of the molecule is CC1=NN(C(=O)Cn2c3ccccc3c3nc4cc(Cl)ccc4nc32)C(=O)/C1=C/c1ccccc1. The zero-order chi connectivity index (χ0) is 24.1. The van der Waals surface area contributed by atoms with Crippen LogP contribution in [0.5, 0.6) is 0 Å². The van der Waals surface area contributed by atoms with Gasteiger partial charge in [-0.3, -0.25) is 9.59 Å². The number of imide groups is 1. The Morgan fingerprint density at radius 1 is 0.971 bits per heavy atom. The molecule has 35 heavy (non-hydrogen) atoms. The summed E-state index contributed by atoms with van der Waals surface area (Å²) >= 11 is 6.15. The average Bonchev–Trinajstić information content (AvgIpc) is 3.32. The molecule has 0 radical (unpaired) electrons. The van der Waals surface area contributed by atoms with E-state index in [4.69, 9.17) is 21.6 Å². The third-order valence-corrected chi connectivity index (χ3v) is 6.25. The van der Waals surface area contributed by atoms with Crippen LogP contribution >= 0.6 is 11.6 Å². The van der Waals surface area contributed by atoms with Crippen molar-refractivity contribution < 1.29 is 9.59 Å². The van der Waals surface area contributed by atoms with Crippen LogP contribution < -0.4 is 0 Å². The van der Waals surface area contributed by atoms with Gasteiger partial charge in [0.05, 0.1) is 27.8 Å². The number of carbonyl (C=O) groups is 2. The predicted molar refractivity (Wildman–Crippen MR) is 137 cm³/mol. The minimum Gasteiger partial charge on any atom is -0.314 e. The van der Waals surface area contributed by atoms with Crippen LogP contribution in [-0.4, -0.2) is 37.1 Å². The molecule has 7 nitrogen and oxygen atoms in total. The van der Waals surface area contributed by atoms with Gasteiger partial charge in [-0.15, -0.1) is 0 Å². The van der Waals surface area contributed by atoms with Crippen molar-refractivity contribution in [1.82, 2.24) is 19.5 Å². The number of rotatable bonds is 3. The number of benzene rings is 3. The van der Waals surface area contributed by atoms with Crippen LogP contribution in [0, 0.1) is 0 Å². The number of nitrogens with zero attached hydrogens (tertiary/aromatic N) is 5. The summed E-state index contributed by atoms with van der Waals surface area (Å²) in [6.07, 6.45) is 1.75. The van der Waals surface area contributed by atoms with E-state index in [1.165, 1.54) is 0 Å². The summed E-state index contributed by atoms with van der Waals surface area (Å²) in [5, 5.41) is 6.65. The molecule has 6 rings (SSSR count). The lowest BCUT2D eigenvalue weighted by Gasteiger charge is -2.12. The van der Waals surface area contributed by atoms with Crippen molar-refractivity contribution in [2.75, 3.05) is 0 Å². The summed E-state index contributed by atoms with van der Waals surface area (Å²) in [6.45, 7) is 1.61. The summed E-state index contributed by atoms with van der Waals surface area (Å²) in [5.41, 5.74) is 5.12. The van der Waals surface area contributed by atoms with Crippen LogP contribution in [0.4, 0.5) is 0 Å². The van der Waals surface area contributed by atoms with E-state index in [-0.39, 0.29) is 6.54 Å². The van der Waals surface area contributed by atoms with E-state index in [1.54, 1.807) is 35.8 Å². The highest BCUT2D eigenvalue weighted by Gasteiger charge is 2.33. The molecule has 1 aliphatic rings. The molecule has 2 aromatic heterocycles. The van der Waals surface area contributed by atoms with Crippen LogP contribution in [-0.2, 0) is 16.1 Å². The van der Waals surface area contributed by atoms with Gasteiger partial charge >= 0.3 is 0 Å². The molecule has 2 amide bonds. The summed E-state index contributed by atoms with van der Waals surface area (Å²) in [4.78, 5) is 36.0. The third-order valence-electron chi connectivity index (χ3n) is 6.02. The lowest BCUT2D eigenvalue weighted by atomic mass is 10.1. The summed E-state index contributed by atoms with van der Waals surface area (Å²) in [5.74, 6) is -0.894. The molecule has 0 spiro atoms. The summed E-state index contributed by atoms with van der Waals surface area (Å²) in [7, 11) is 0. The molecule has 0 aliphatic carbocycles. The largest absolute Gasteiger partial charge is 0.314 e. The first-order chi connectivity index (χ1) is 17.0. The van der Waals surface area contributed by atoms with E-state index in [0.717, 1.165) is 21.5 Å². The first-order valence-corrected chi connectivity index (χ1v) is 11.4. The van der Waals surface area contributed by atoms with E-state index < -0.39 is 11.8 Å². The number of hydrogen-bond acceptors (Lipinski definition) is 5. The van der Waals surface area contributed by atoms with Gasteiger partial charge in [-0.25, -0.2) is 9.97 Å². The van der Waals surface area contributed by atoms with E-state index in [9.17, 15) is 9.59 Å². The third kappa shape index (κ3) is 3.57. The van der Waals surface area contributed by atoms with Gasteiger partial charge in [-0.2, -0.15) is 10.1 Å². The maximum absolute atomic E-state index is 13.3. The molecule has 8 heteroatoms. The number of hydrazone groups is 1. The fraction of sp³-hybridized carbons (Fsp3) is 0.0741.